The lowest BCUT2D eigenvalue weighted by Gasteiger charge is -2.10. The molecule has 0 unspecified atom stereocenters. The van der Waals surface area contributed by atoms with Gasteiger partial charge in [-0.15, -0.1) is 0 Å². The van der Waals surface area contributed by atoms with Crippen LogP contribution in [0.2, 0.25) is 0 Å². The second-order valence-corrected chi connectivity index (χ2v) is 5.34. The molecular formula is C18H21N3O4. The maximum atomic E-state index is 12.0. The number of hydrogen-bond donors (Lipinski definition) is 4. The number of aromatic hydroxyl groups is 2. The Morgan fingerprint density at radius 3 is 2.68 bits per heavy atom. The van der Waals surface area contributed by atoms with Gasteiger partial charge in [-0.3, -0.25) is 4.79 Å². The molecule has 2 aromatic carbocycles. The standard InChI is InChI=1S/C18H21N3O4/c1-2-25-16-5-3-4-13(17(16)23)11-20-21-18(24)15(19)10-12-6-8-14(22)9-7-12/h3-9,11,15,22-23H,2,10,19H2,1H3,(H,21,24)/b20-11-/t15-/m0/s1. The predicted octanol–water partition coefficient (Wildman–Crippen LogP) is 1.52. The van der Waals surface area contributed by atoms with Crippen LogP contribution in [0.5, 0.6) is 17.2 Å². The number of phenolic OH excluding ortho intramolecular Hbond substituents is 2. The molecule has 7 nitrogen and oxygen atoms in total. The summed E-state index contributed by atoms with van der Waals surface area (Å²) in [4.78, 5) is 12.0. The third kappa shape index (κ3) is 5.22. The number of nitrogens with two attached hydrogens (primary N) is 1. The van der Waals surface area contributed by atoms with Crippen molar-refractivity contribution in [2.24, 2.45) is 10.8 Å². The number of carbonyl (C=O) groups excluding carboxylic acids is 1. The van der Waals surface area contributed by atoms with E-state index in [9.17, 15) is 15.0 Å². The van der Waals surface area contributed by atoms with E-state index >= 15 is 0 Å². The van der Waals surface area contributed by atoms with Gasteiger partial charge in [0, 0.05) is 5.56 Å². The molecule has 0 bridgehead atoms. The minimum Gasteiger partial charge on any atom is -0.508 e. The third-order valence-corrected chi connectivity index (χ3v) is 3.44. The molecule has 1 atom stereocenters. The van der Waals surface area contributed by atoms with Gasteiger partial charge < -0.3 is 20.7 Å². The van der Waals surface area contributed by atoms with Crippen LogP contribution in [0.1, 0.15) is 18.1 Å². The van der Waals surface area contributed by atoms with E-state index < -0.39 is 11.9 Å². The summed E-state index contributed by atoms with van der Waals surface area (Å²) >= 11 is 0. The van der Waals surface area contributed by atoms with Crippen LogP contribution in [-0.4, -0.2) is 35.0 Å². The number of amides is 1. The van der Waals surface area contributed by atoms with Gasteiger partial charge in [0.2, 0.25) is 0 Å². The lowest BCUT2D eigenvalue weighted by atomic mass is 10.1. The van der Waals surface area contributed by atoms with E-state index in [0.717, 1.165) is 5.56 Å². The van der Waals surface area contributed by atoms with E-state index in [-0.39, 0.29) is 11.5 Å². The molecule has 2 rings (SSSR count). The minimum atomic E-state index is -0.787. The molecule has 0 spiro atoms. The first-order valence-corrected chi connectivity index (χ1v) is 7.82. The molecule has 0 saturated heterocycles. The van der Waals surface area contributed by atoms with Gasteiger partial charge >= 0.3 is 0 Å². The number of hydrazone groups is 1. The fourth-order valence-electron chi connectivity index (χ4n) is 2.14. The van der Waals surface area contributed by atoms with Crippen molar-refractivity contribution < 1.29 is 19.7 Å². The Hall–Kier alpha value is -3.06. The molecule has 25 heavy (non-hydrogen) atoms. The van der Waals surface area contributed by atoms with E-state index in [1.54, 1.807) is 30.3 Å². The number of nitrogens with one attached hydrogen (secondary N) is 1. The molecule has 0 saturated carbocycles. The zero-order valence-corrected chi connectivity index (χ0v) is 13.8. The van der Waals surface area contributed by atoms with Gasteiger partial charge in [0.25, 0.3) is 5.91 Å². The fourth-order valence-corrected chi connectivity index (χ4v) is 2.14. The average Bonchev–Trinajstić information content (AvgIpc) is 2.60. The molecule has 5 N–H and O–H groups in total. The van der Waals surface area contributed by atoms with E-state index in [0.29, 0.717) is 24.3 Å². The maximum Gasteiger partial charge on any atom is 0.257 e. The van der Waals surface area contributed by atoms with Gasteiger partial charge in [0.1, 0.15) is 5.75 Å². The molecule has 0 aliphatic carbocycles. The maximum absolute atomic E-state index is 12.0. The summed E-state index contributed by atoms with van der Waals surface area (Å²) in [6, 6.07) is 10.7. The lowest BCUT2D eigenvalue weighted by molar-refractivity contribution is -0.122. The molecule has 132 valence electrons. The highest BCUT2D eigenvalue weighted by atomic mass is 16.5. The Morgan fingerprint density at radius 2 is 2.00 bits per heavy atom. The molecule has 7 heteroatoms. The topological polar surface area (TPSA) is 117 Å². The van der Waals surface area contributed by atoms with Crippen LogP contribution in [-0.2, 0) is 11.2 Å². The number of ether oxygens (including phenoxy) is 1. The van der Waals surface area contributed by atoms with Gasteiger partial charge in [0.15, 0.2) is 11.5 Å². The van der Waals surface area contributed by atoms with Crippen LogP contribution in [0.25, 0.3) is 0 Å². The number of benzene rings is 2. The third-order valence-electron chi connectivity index (χ3n) is 3.44. The Kier molecular flexibility index (Phi) is 6.36. The first kappa shape index (κ1) is 18.3. The zero-order valence-electron chi connectivity index (χ0n) is 13.8. The monoisotopic (exact) mass is 343 g/mol. The predicted molar refractivity (Wildman–Crippen MR) is 94.8 cm³/mol. The SMILES string of the molecule is CCOc1cccc(/C=N\NC(=O)[C@@H](N)Cc2ccc(O)cc2)c1O. The largest absolute Gasteiger partial charge is 0.508 e. The second kappa shape index (κ2) is 8.70. The van der Waals surface area contributed by atoms with Crippen LogP contribution in [0.4, 0.5) is 0 Å². The van der Waals surface area contributed by atoms with E-state index in [1.807, 2.05) is 6.92 Å². The number of nitrogens with zero attached hydrogens (tertiary/aromatic N) is 1. The van der Waals surface area contributed by atoms with Gasteiger partial charge in [-0.2, -0.15) is 5.10 Å². The lowest BCUT2D eigenvalue weighted by Crippen LogP contribution is -2.39. The highest BCUT2D eigenvalue weighted by molar-refractivity contribution is 5.87. The van der Waals surface area contributed by atoms with Crippen molar-refractivity contribution >= 4 is 12.1 Å². The number of phenols is 2. The summed E-state index contributed by atoms with van der Waals surface area (Å²) < 4.78 is 5.28. The van der Waals surface area contributed by atoms with Crippen molar-refractivity contribution in [1.29, 1.82) is 0 Å². The van der Waals surface area contributed by atoms with Crippen LogP contribution in [0.15, 0.2) is 47.6 Å². The van der Waals surface area contributed by atoms with E-state index in [2.05, 4.69) is 10.5 Å². The molecule has 0 aromatic heterocycles. The summed E-state index contributed by atoms with van der Waals surface area (Å²) in [6.45, 7) is 2.24. The van der Waals surface area contributed by atoms with Crippen molar-refractivity contribution in [1.82, 2.24) is 5.43 Å². The molecule has 0 aliphatic rings. The highest BCUT2D eigenvalue weighted by Gasteiger charge is 2.13. The van der Waals surface area contributed by atoms with Crippen molar-refractivity contribution in [3.63, 3.8) is 0 Å². The Morgan fingerprint density at radius 1 is 1.28 bits per heavy atom. The average molecular weight is 343 g/mol. The van der Waals surface area contributed by atoms with Gasteiger partial charge in [0.05, 0.1) is 18.9 Å². The zero-order chi connectivity index (χ0) is 18.2. The van der Waals surface area contributed by atoms with Gasteiger partial charge in [-0.25, -0.2) is 5.43 Å². The minimum absolute atomic E-state index is 0.0456. The Bertz CT molecular complexity index is 744. The molecule has 0 radical (unpaired) electrons. The first-order valence-electron chi connectivity index (χ1n) is 7.82. The summed E-state index contributed by atoms with van der Waals surface area (Å²) in [6.07, 6.45) is 1.63. The smallest absolute Gasteiger partial charge is 0.257 e. The van der Waals surface area contributed by atoms with E-state index in [4.69, 9.17) is 10.5 Å². The van der Waals surface area contributed by atoms with Gasteiger partial charge in [-0.1, -0.05) is 18.2 Å². The van der Waals surface area contributed by atoms with E-state index in [1.165, 1.54) is 18.3 Å². The Balaban J connectivity index is 1.93. The van der Waals surface area contributed by atoms with Crippen LogP contribution < -0.4 is 15.9 Å². The van der Waals surface area contributed by atoms with Crippen LogP contribution in [0, 0.1) is 0 Å². The fraction of sp³-hybridized carbons (Fsp3) is 0.222. The second-order valence-electron chi connectivity index (χ2n) is 5.34. The number of hydrogen-bond acceptors (Lipinski definition) is 6. The summed E-state index contributed by atoms with van der Waals surface area (Å²) in [5.41, 5.74) is 9.43. The first-order chi connectivity index (χ1) is 12.0. The molecular weight excluding hydrogens is 322 g/mol. The molecule has 0 heterocycles. The molecule has 0 fully saturated rings. The van der Waals surface area contributed by atoms with Crippen molar-refractivity contribution in [3.8, 4) is 17.2 Å². The quantitative estimate of drug-likeness (QED) is 0.449. The molecule has 2 aromatic rings. The summed E-state index contributed by atoms with van der Waals surface area (Å²) in [5, 5.41) is 23.1. The van der Waals surface area contributed by atoms with Crippen molar-refractivity contribution in [2.75, 3.05) is 6.61 Å². The Labute approximate surface area is 145 Å². The number of rotatable bonds is 7. The van der Waals surface area contributed by atoms with Crippen LogP contribution in [0.3, 0.4) is 0 Å². The summed E-state index contributed by atoms with van der Waals surface area (Å²) in [5.74, 6) is 0.00258. The molecule has 0 aliphatic heterocycles. The summed E-state index contributed by atoms with van der Waals surface area (Å²) in [7, 11) is 0. The van der Waals surface area contributed by atoms with Crippen LogP contribution >= 0.6 is 0 Å². The number of carbonyl (C=O) groups is 1. The molecule has 1 amide bonds. The van der Waals surface area contributed by atoms with Gasteiger partial charge in [-0.05, 0) is 43.2 Å². The normalized spacial score (nSPS) is 12.1. The number of para-hydroxylation sites is 1. The van der Waals surface area contributed by atoms with Crippen molar-refractivity contribution in [2.45, 2.75) is 19.4 Å². The highest BCUT2D eigenvalue weighted by Crippen LogP contribution is 2.28. The van der Waals surface area contributed by atoms with Crippen molar-refractivity contribution in [3.05, 3.63) is 53.6 Å².